The van der Waals surface area contributed by atoms with Crippen molar-refractivity contribution >= 4 is 38.9 Å². The van der Waals surface area contributed by atoms with Crippen molar-refractivity contribution in [1.29, 1.82) is 0 Å². The van der Waals surface area contributed by atoms with Gasteiger partial charge in [0.05, 0.1) is 4.92 Å². The number of hydrogen-bond donors (Lipinski definition) is 2. The van der Waals surface area contributed by atoms with Crippen molar-refractivity contribution in [2.45, 2.75) is 0 Å². The number of carbonyl (C=O) groups is 1. The number of nitrogens with two attached hydrogens (primary N) is 1. The molecule has 0 bridgehead atoms. The molecule has 0 heterocycles. The summed E-state index contributed by atoms with van der Waals surface area (Å²) >= 11 is 3.28. The number of nitrogens with zero attached hydrogens (tertiary/aromatic N) is 1. The third-order valence-corrected chi connectivity index (χ3v) is 3.13. The minimum absolute atomic E-state index is 0.0431. The van der Waals surface area contributed by atoms with Crippen molar-refractivity contribution in [3.05, 3.63) is 62.6 Å². The zero-order valence-corrected chi connectivity index (χ0v) is 11.8. The smallest absolute Gasteiger partial charge is 0.304 e. The molecule has 2 rings (SSSR count). The highest BCUT2D eigenvalue weighted by molar-refractivity contribution is 9.10. The van der Waals surface area contributed by atoms with Crippen molar-refractivity contribution in [3.63, 3.8) is 0 Å². The fourth-order valence-corrected chi connectivity index (χ4v) is 1.94. The molecule has 2 aromatic rings. The fourth-order valence-electron chi connectivity index (χ4n) is 1.68. The van der Waals surface area contributed by atoms with Gasteiger partial charge in [-0.3, -0.25) is 14.9 Å². The number of para-hydroxylation sites is 1. The molecular weight excluding hydrogens is 326 g/mol. The summed E-state index contributed by atoms with van der Waals surface area (Å²) in [4.78, 5) is 22.4. The number of hydrogen-bond acceptors (Lipinski definition) is 4. The topological polar surface area (TPSA) is 98.3 Å². The molecule has 0 aliphatic rings. The Balaban J connectivity index is 2.32. The summed E-state index contributed by atoms with van der Waals surface area (Å²) < 4.78 is 0.866. The van der Waals surface area contributed by atoms with Gasteiger partial charge in [-0.25, -0.2) is 0 Å². The highest BCUT2D eigenvalue weighted by Gasteiger charge is 2.23. The first-order valence-corrected chi connectivity index (χ1v) is 6.38. The molecule has 0 fully saturated rings. The third kappa shape index (κ3) is 2.94. The predicted molar refractivity (Wildman–Crippen MR) is 79.6 cm³/mol. The van der Waals surface area contributed by atoms with Crippen molar-refractivity contribution in [3.8, 4) is 0 Å². The van der Waals surface area contributed by atoms with E-state index >= 15 is 0 Å². The summed E-state index contributed by atoms with van der Waals surface area (Å²) in [5.41, 5.74) is 5.58. The molecule has 0 aliphatic carbocycles. The van der Waals surface area contributed by atoms with Gasteiger partial charge in [0, 0.05) is 10.2 Å². The van der Waals surface area contributed by atoms with Crippen LogP contribution in [0.25, 0.3) is 0 Å². The number of carbonyl (C=O) groups excluding carboxylic acids is 1. The number of rotatable bonds is 3. The van der Waals surface area contributed by atoms with Crippen LogP contribution in [0, 0.1) is 10.1 Å². The monoisotopic (exact) mass is 335 g/mol. The molecule has 0 spiro atoms. The first kappa shape index (κ1) is 14.0. The van der Waals surface area contributed by atoms with Crippen LogP contribution in [0.5, 0.6) is 0 Å². The van der Waals surface area contributed by atoms with Crippen LogP contribution < -0.4 is 11.1 Å². The molecule has 6 nitrogen and oxygen atoms in total. The Morgan fingerprint density at radius 1 is 1.20 bits per heavy atom. The number of halogens is 1. The van der Waals surface area contributed by atoms with Crippen molar-refractivity contribution < 1.29 is 9.72 Å². The Bertz CT molecular complexity index is 671. The third-order valence-electron chi connectivity index (χ3n) is 2.60. The molecule has 0 unspecified atom stereocenters. The number of benzene rings is 2. The van der Waals surface area contributed by atoms with Crippen LogP contribution in [0.4, 0.5) is 17.1 Å². The van der Waals surface area contributed by atoms with Gasteiger partial charge < -0.3 is 11.1 Å². The van der Waals surface area contributed by atoms with Crippen molar-refractivity contribution in [2.75, 3.05) is 11.1 Å². The SMILES string of the molecule is Nc1cccc(C(=O)Nc2ccc(Br)cc2)c1[N+](=O)[O-]. The van der Waals surface area contributed by atoms with Crippen LogP contribution >= 0.6 is 15.9 Å². The molecule has 20 heavy (non-hydrogen) atoms. The zero-order chi connectivity index (χ0) is 14.7. The maximum absolute atomic E-state index is 12.1. The van der Waals surface area contributed by atoms with Gasteiger partial charge in [-0.05, 0) is 36.4 Å². The van der Waals surface area contributed by atoms with Crippen LogP contribution in [0.15, 0.2) is 46.9 Å². The Hall–Kier alpha value is -2.41. The van der Waals surface area contributed by atoms with Crippen molar-refractivity contribution in [2.24, 2.45) is 0 Å². The predicted octanol–water partition coefficient (Wildman–Crippen LogP) is 3.19. The molecule has 102 valence electrons. The second kappa shape index (κ2) is 5.70. The molecule has 0 aliphatic heterocycles. The van der Waals surface area contributed by atoms with E-state index in [1.54, 1.807) is 24.3 Å². The van der Waals surface area contributed by atoms with E-state index < -0.39 is 10.8 Å². The quantitative estimate of drug-likeness (QED) is 0.511. The molecule has 7 heteroatoms. The maximum Gasteiger partial charge on any atom is 0.304 e. The van der Waals surface area contributed by atoms with Crippen LogP contribution in [0.3, 0.4) is 0 Å². The summed E-state index contributed by atoms with van der Waals surface area (Å²) in [6, 6.07) is 11.1. The van der Waals surface area contributed by atoms with Crippen LogP contribution in [0.1, 0.15) is 10.4 Å². The number of amides is 1. The Morgan fingerprint density at radius 2 is 1.85 bits per heavy atom. The van der Waals surface area contributed by atoms with Gasteiger partial charge in [-0.1, -0.05) is 22.0 Å². The lowest BCUT2D eigenvalue weighted by molar-refractivity contribution is -0.384. The Kier molecular flexibility index (Phi) is 3.99. The molecule has 1 amide bonds. The number of nitro groups is 1. The lowest BCUT2D eigenvalue weighted by Crippen LogP contribution is -2.14. The normalized spacial score (nSPS) is 10.1. The van der Waals surface area contributed by atoms with Gasteiger partial charge in [0.2, 0.25) is 0 Å². The van der Waals surface area contributed by atoms with Crippen molar-refractivity contribution in [1.82, 2.24) is 0 Å². The molecule has 0 aromatic heterocycles. The molecule has 0 saturated heterocycles. The standard InChI is InChI=1S/C13H10BrN3O3/c14-8-4-6-9(7-5-8)16-13(18)10-2-1-3-11(15)12(10)17(19)20/h1-7H,15H2,(H,16,18). The van der Waals surface area contributed by atoms with Crippen LogP contribution in [0.2, 0.25) is 0 Å². The number of nitro benzene ring substituents is 1. The average molecular weight is 336 g/mol. The van der Waals surface area contributed by atoms with Gasteiger partial charge >= 0.3 is 5.69 Å². The largest absolute Gasteiger partial charge is 0.393 e. The minimum Gasteiger partial charge on any atom is -0.393 e. The maximum atomic E-state index is 12.1. The van der Waals surface area contributed by atoms with Gasteiger partial charge in [0.1, 0.15) is 11.3 Å². The summed E-state index contributed by atoms with van der Waals surface area (Å²) in [6.07, 6.45) is 0. The molecular formula is C13H10BrN3O3. The van der Waals surface area contributed by atoms with Gasteiger partial charge in [-0.2, -0.15) is 0 Å². The average Bonchev–Trinajstić information content (AvgIpc) is 2.40. The fraction of sp³-hybridized carbons (Fsp3) is 0. The van der Waals surface area contributed by atoms with Gasteiger partial charge in [-0.15, -0.1) is 0 Å². The van der Waals surface area contributed by atoms with E-state index in [0.29, 0.717) is 5.69 Å². The lowest BCUT2D eigenvalue weighted by atomic mass is 10.1. The second-order valence-electron chi connectivity index (χ2n) is 3.96. The molecule has 2 aromatic carbocycles. The highest BCUT2D eigenvalue weighted by atomic mass is 79.9. The molecule has 0 saturated carbocycles. The summed E-state index contributed by atoms with van der Waals surface area (Å²) in [5.74, 6) is -0.577. The van der Waals surface area contributed by atoms with Crippen LogP contribution in [-0.4, -0.2) is 10.8 Å². The Labute approximate surface area is 122 Å². The minimum atomic E-state index is -0.661. The van der Waals surface area contributed by atoms with E-state index in [-0.39, 0.29) is 16.9 Å². The summed E-state index contributed by atoms with van der Waals surface area (Å²) in [6.45, 7) is 0. The number of nitrogens with one attached hydrogen (secondary N) is 1. The first-order valence-electron chi connectivity index (χ1n) is 5.59. The molecule has 3 N–H and O–H groups in total. The second-order valence-corrected chi connectivity index (χ2v) is 4.88. The Morgan fingerprint density at radius 3 is 2.45 bits per heavy atom. The van der Waals surface area contributed by atoms with Crippen LogP contribution in [-0.2, 0) is 0 Å². The summed E-state index contributed by atoms with van der Waals surface area (Å²) in [5, 5.41) is 13.6. The van der Waals surface area contributed by atoms with E-state index in [0.717, 1.165) is 4.47 Å². The molecule has 0 radical (unpaired) electrons. The van der Waals surface area contributed by atoms with E-state index in [1.807, 2.05) is 0 Å². The van der Waals surface area contributed by atoms with E-state index in [1.165, 1.54) is 18.2 Å². The molecule has 0 atom stereocenters. The van der Waals surface area contributed by atoms with Gasteiger partial charge in [0.15, 0.2) is 0 Å². The zero-order valence-electron chi connectivity index (χ0n) is 10.2. The van der Waals surface area contributed by atoms with E-state index in [4.69, 9.17) is 5.73 Å². The number of anilines is 2. The highest BCUT2D eigenvalue weighted by Crippen LogP contribution is 2.26. The number of nitrogen functional groups attached to an aromatic ring is 1. The van der Waals surface area contributed by atoms with E-state index in [2.05, 4.69) is 21.2 Å². The van der Waals surface area contributed by atoms with E-state index in [9.17, 15) is 14.9 Å². The lowest BCUT2D eigenvalue weighted by Gasteiger charge is -2.07. The first-order chi connectivity index (χ1) is 9.49. The summed E-state index contributed by atoms with van der Waals surface area (Å²) in [7, 11) is 0. The van der Waals surface area contributed by atoms with Gasteiger partial charge in [0.25, 0.3) is 5.91 Å².